The Bertz CT molecular complexity index is 3110. The smallest absolute Gasteiger partial charge is 0.137 e. The summed E-state index contributed by atoms with van der Waals surface area (Å²) in [6, 6.07) is 65.5. The van der Waals surface area contributed by atoms with Crippen LogP contribution in [0.1, 0.15) is 0 Å². The molecule has 0 fully saturated rings. The zero-order chi connectivity index (χ0) is 34.2. The van der Waals surface area contributed by atoms with Crippen LogP contribution in [0, 0.1) is 0 Å². The van der Waals surface area contributed by atoms with Crippen molar-refractivity contribution < 1.29 is 4.42 Å². The number of para-hydroxylation sites is 3. The monoisotopic (exact) mass is 682 g/mol. The van der Waals surface area contributed by atoms with E-state index < -0.39 is 0 Å². The fraction of sp³-hybridized carbons (Fsp3) is 0. The maximum atomic E-state index is 6.43. The molecule has 0 unspecified atom stereocenters. The summed E-state index contributed by atoms with van der Waals surface area (Å²) in [7, 11) is 0. The van der Waals surface area contributed by atoms with Crippen molar-refractivity contribution in [3.63, 3.8) is 0 Å². The van der Waals surface area contributed by atoms with Gasteiger partial charge in [-0.05, 0) is 77.9 Å². The molecule has 3 nitrogen and oxygen atoms in total. The molecule has 0 aliphatic heterocycles. The molecule has 3 aromatic heterocycles. The lowest BCUT2D eigenvalue weighted by atomic mass is 10.0. The highest BCUT2D eigenvalue weighted by atomic mass is 32.1. The Kier molecular flexibility index (Phi) is 6.42. The van der Waals surface area contributed by atoms with E-state index in [1.54, 1.807) is 0 Å². The summed E-state index contributed by atoms with van der Waals surface area (Å²) >= 11 is 1.85. The van der Waals surface area contributed by atoms with Gasteiger partial charge in [-0.3, -0.25) is 0 Å². The van der Waals surface area contributed by atoms with Crippen molar-refractivity contribution in [1.82, 2.24) is 4.57 Å². The van der Waals surface area contributed by atoms with E-state index in [9.17, 15) is 0 Å². The number of furan rings is 1. The molecule has 0 aliphatic rings. The van der Waals surface area contributed by atoms with E-state index in [0.717, 1.165) is 55.8 Å². The summed E-state index contributed by atoms with van der Waals surface area (Å²) in [5.74, 6) is 0. The van der Waals surface area contributed by atoms with E-state index in [1.165, 1.54) is 42.0 Å². The second-order valence-electron chi connectivity index (χ2n) is 13.3. The number of rotatable bonds is 5. The minimum atomic E-state index is 0.877. The zero-order valence-corrected chi connectivity index (χ0v) is 28.8. The van der Waals surface area contributed by atoms with Crippen molar-refractivity contribution >= 4 is 92.3 Å². The topological polar surface area (TPSA) is 21.3 Å². The van der Waals surface area contributed by atoms with E-state index in [2.05, 4.69) is 179 Å². The lowest BCUT2D eigenvalue weighted by Crippen LogP contribution is -2.10. The molecule has 11 aromatic rings. The summed E-state index contributed by atoms with van der Waals surface area (Å²) in [6.07, 6.45) is 0. The van der Waals surface area contributed by atoms with E-state index >= 15 is 0 Å². The van der Waals surface area contributed by atoms with Crippen molar-refractivity contribution in [3.8, 4) is 16.8 Å². The Hall–Kier alpha value is -6.62. The third kappa shape index (κ3) is 4.45. The van der Waals surface area contributed by atoms with Crippen LogP contribution in [0.25, 0.3) is 80.7 Å². The highest BCUT2D eigenvalue weighted by Crippen LogP contribution is 2.46. The summed E-state index contributed by atoms with van der Waals surface area (Å²) < 4.78 is 11.4. The van der Waals surface area contributed by atoms with Crippen molar-refractivity contribution in [1.29, 1.82) is 0 Å². The molecule has 0 amide bonds. The molecule has 0 radical (unpaired) electrons. The molecule has 0 bridgehead atoms. The third-order valence-corrected chi connectivity index (χ3v) is 11.6. The largest absolute Gasteiger partial charge is 0.456 e. The standard InChI is InChI=1S/C48H30N2OS/c1-5-21-42-36(16-1)37-17-2-6-22-43(37)50(42)34-15-10-13-32(29-34)31-12-9-14-33(28-31)49(35-26-27-39-38-18-3-7-24-45(38)51-46(39)30-35)44-23-11-20-41-40-19-4-8-25-47(40)52-48(41)44/h1-30H. The van der Waals surface area contributed by atoms with E-state index in [1.807, 2.05) is 23.5 Å². The number of nitrogens with zero attached hydrogens (tertiary/aromatic N) is 2. The first-order valence-corrected chi connectivity index (χ1v) is 18.4. The Labute approximate surface area is 303 Å². The highest BCUT2D eigenvalue weighted by molar-refractivity contribution is 7.26. The Morgan fingerprint density at radius 2 is 1.04 bits per heavy atom. The average Bonchev–Trinajstić information content (AvgIpc) is 3.88. The molecule has 244 valence electrons. The fourth-order valence-electron chi connectivity index (χ4n) is 8.04. The van der Waals surface area contributed by atoms with E-state index in [0.29, 0.717) is 0 Å². The zero-order valence-electron chi connectivity index (χ0n) is 28.0. The lowest BCUT2D eigenvalue weighted by Gasteiger charge is -2.26. The first-order valence-electron chi connectivity index (χ1n) is 17.6. The number of fused-ring (bicyclic) bond motifs is 9. The molecule has 3 heterocycles. The number of thiophene rings is 1. The second kappa shape index (κ2) is 11.5. The van der Waals surface area contributed by atoms with Crippen LogP contribution in [-0.4, -0.2) is 4.57 Å². The molecule has 4 heteroatoms. The van der Waals surface area contributed by atoms with Crippen molar-refractivity contribution in [2.24, 2.45) is 0 Å². The van der Waals surface area contributed by atoms with E-state index in [4.69, 9.17) is 4.42 Å². The third-order valence-electron chi connectivity index (χ3n) is 10.4. The van der Waals surface area contributed by atoms with Gasteiger partial charge >= 0.3 is 0 Å². The molecule has 8 aromatic carbocycles. The van der Waals surface area contributed by atoms with Gasteiger partial charge in [-0.25, -0.2) is 0 Å². The highest BCUT2D eigenvalue weighted by Gasteiger charge is 2.20. The first kappa shape index (κ1) is 29.1. The first-order chi connectivity index (χ1) is 25.8. The molecule has 0 atom stereocenters. The number of anilines is 3. The maximum Gasteiger partial charge on any atom is 0.137 e. The SMILES string of the molecule is c1cc(-c2cccc(-n3c4ccccc4c4ccccc43)c2)cc(N(c2ccc3c(c2)oc2ccccc23)c2cccc3c2sc2ccccc23)c1. The van der Waals surface area contributed by atoms with Crippen LogP contribution in [0.4, 0.5) is 17.1 Å². The number of benzene rings is 8. The fourth-order valence-corrected chi connectivity index (χ4v) is 9.25. The van der Waals surface area contributed by atoms with Gasteiger partial charge in [0.25, 0.3) is 0 Å². The molecule has 0 spiro atoms. The van der Waals surface area contributed by atoms with Gasteiger partial charge in [0, 0.05) is 60.1 Å². The predicted molar refractivity (Wildman–Crippen MR) is 221 cm³/mol. The van der Waals surface area contributed by atoms with Gasteiger partial charge in [0.05, 0.1) is 21.4 Å². The van der Waals surface area contributed by atoms with Gasteiger partial charge in [-0.1, -0.05) is 109 Å². The van der Waals surface area contributed by atoms with Crippen LogP contribution in [-0.2, 0) is 0 Å². The van der Waals surface area contributed by atoms with Crippen LogP contribution >= 0.6 is 11.3 Å². The Balaban J connectivity index is 1.10. The molecule has 0 N–H and O–H groups in total. The number of hydrogen-bond donors (Lipinski definition) is 0. The molecule has 0 aliphatic carbocycles. The van der Waals surface area contributed by atoms with Gasteiger partial charge in [-0.15, -0.1) is 11.3 Å². The van der Waals surface area contributed by atoms with Gasteiger partial charge in [0.1, 0.15) is 11.2 Å². The van der Waals surface area contributed by atoms with Gasteiger partial charge in [-0.2, -0.15) is 0 Å². The Morgan fingerprint density at radius 1 is 0.423 bits per heavy atom. The summed E-state index contributed by atoms with van der Waals surface area (Å²) in [4.78, 5) is 2.39. The average molecular weight is 683 g/mol. The van der Waals surface area contributed by atoms with Crippen LogP contribution in [0.5, 0.6) is 0 Å². The predicted octanol–water partition coefficient (Wildman–Crippen LogP) is 14.2. The minimum absolute atomic E-state index is 0.877. The van der Waals surface area contributed by atoms with Crippen LogP contribution in [0.15, 0.2) is 186 Å². The second-order valence-corrected chi connectivity index (χ2v) is 14.4. The van der Waals surface area contributed by atoms with Crippen LogP contribution in [0.3, 0.4) is 0 Å². The summed E-state index contributed by atoms with van der Waals surface area (Å²) in [5, 5.41) is 7.33. The van der Waals surface area contributed by atoms with Crippen molar-refractivity contribution in [2.75, 3.05) is 4.90 Å². The summed E-state index contributed by atoms with van der Waals surface area (Å²) in [6.45, 7) is 0. The molecule has 52 heavy (non-hydrogen) atoms. The Morgan fingerprint density at radius 3 is 1.87 bits per heavy atom. The van der Waals surface area contributed by atoms with Gasteiger partial charge < -0.3 is 13.9 Å². The normalized spacial score (nSPS) is 11.8. The van der Waals surface area contributed by atoms with Gasteiger partial charge in [0.2, 0.25) is 0 Å². The molecular formula is C48H30N2OS. The van der Waals surface area contributed by atoms with Gasteiger partial charge in [0.15, 0.2) is 0 Å². The maximum absolute atomic E-state index is 6.43. The molecule has 0 saturated carbocycles. The number of hydrogen-bond acceptors (Lipinski definition) is 3. The van der Waals surface area contributed by atoms with Crippen molar-refractivity contribution in [3.05, 3.63) is 182 Å². The summed E-state index contributed by atoms with van der Waals surface area (Å²) in [5.41, 5.74) is 10.9. The van der Waals surface area contributed by atoms with E-state index in [-0.39, 0.29) is 0 Å². The minimum Gasteiger partial charge on any atom is -0.456 e. The van der Waals surface area contributed by atoms with Crippen LogP contribution < -0.4 is 4.90 Å². The quantitative estimate of drug-likeness (QED) is 0.180. The van der Waals surface area contributed by atoms with Crippen LogP contribution in [0.2, 0.25) is 0 Å². The lowest BCUT2D eigenvalue weighted by molar-refractivity contribution is 0.669. The molecular weight excluding hydrogens is 653 g/mol. The molecule has 11 rings (SSSR count). The molecule has 0 saturated heterocycles. The number of aromatic nitrogens is 1. The van der Waals surface area contributed by atoms with Crippen molar-refractivity contribution in [2.45, 2.75) is 0 Å².